The van der Waals surface area contributed by atoms with Crippen LogP contribution in [0.4, 0.5) is 8.78 Å². The number of nitrogens with zero attached hydrogens (tertiary/aromatic N) is 2. The fraction of sp³-hybridized carbons (Fsp3) is 0.455. The Hall–Kier alpha value is -1.58. The first-order valence-electron chi connectivity index (χ1n) is 10.0. The van der Waals surface area contributed by atoms with Crippen molar-refractivity contribution in [2.45, 2.75) is 12.6 Å². The Morgan fingerprint density at radius 2 is 1.60 bits per heavy atom. The zero-order valence-corrected chi connectivity index (χ0v) is 18.4. The van der Waals surface area contributed by atoms with Crippen molar-refractivity contribution in [1.82, 2.24) is 9.80 Å². The van der Waals surface area contributed by atoms with Crippen LogP contribution in [0.15, 0.2) is 46.9 Å². The monoisotopic (exact) mass is 484 g/mol. The normalized spacial score (nSPS) is 16.5. The number of halogens is 3. The molecule has 1 aliphatic heterocycles. The van der Waals surface area contributed by atoms with Gasteiger partial charge in [0.2, 0.25) is 0 Å². The Kier molecular flexibility index (Phi) is 9.02. The van der Waals surface area contributed by atoms with Crippen LogP contribution >= 0.6 is 15.9 Å². The SMILES string of the molecule is OC(COCCOc1c(F)cc(Br)cc1F)CN1CCN(Cc2ccccc2)CC1. The lowest BCUT2D eigenvalue weighted by Gasteiger charge is -2.35. The van der Waals surface area contributed by atoms with Gasteiger partial charge < -0.3 is 14.6 Å². The fourth-order valence-electron chi connectivity index (χ4n) is 3.41. The second-order valence-corrected chi connectivity index (χ2v) is 8.25. The second-order valence-electron chi connectivity index (χ2n) is 7.34. The molecular weight excluding hydrogens is 458 g/mol. The molecule has 2 aromatic rings. The maximum absolute atomic E-state index is 13.7. The van der Waals surface area contributed by atoms with E-state index in [-0.39, 0.29) is 19.8 Å². The molecule has 0 amide bonds. The van der Waals surface area contributed by atoms with Crippen LogP contribution in [-0.4, -0.2) is 73.6 Å². The third kappa shape index (κ3) is 7.28. The van der Waals surface area contributed by atoms with Crippen molar-refractivity contribution < 1.29 is 23.4 Å². The predicted octanol–water partition coefficient (Wildman–Crippen LogP) is 3.30. The van der Waals surface area contributed by atoms with Crippen LogP contribution in [0.2, 0.25) is 0 Å². The zero-order chi connectivity index (χ0) is 21.3. The van der Waals surface area contributed by atoms with E-state index >= 15 is 0 Å². The summed E-state index contributed by atoms with van der Waals surface area (Å²) in [5.74, 6) is -1.96. The van der Waals surface area contributed by atoms with Gasteiger partial charge in [-0.05, 0) is 17.7 Å². The molecule has 1 unspecified atom stereocenters. The lowest BCUT2D eigenvalue weighted by atomic mass is 10.2. The smallest absolute Gasteiger partial charge is 0.190 e. The molecule has 0 aliphatic carbocycles. The van der Waals surface area contributed by atoms with E-state index in [0.29, 0.717) is 11.0 Å². The molecule has 0 aromatic heterocycles. The third-order valence-electron chi connectivity index (χ3n) is 4.93. The first-order chi connectivity index (χ1) is 14.5. The van der Waals surface area contributed by atoms with E-state index in [1.807, 2.05) is 6.07 Å². The summed E-state index contributed by atoms with van der Waals surface area (Å²) in [5, 5.41) is 10.2. The molecule has 0 radical (unpaired) electrons. The van der Waals surface area contributed by atoms with E-state index in [2.05, 4.69) is 50.0 Å². The predicted molar refractivity (Wildman–Crippen MR) is 115 cm³/mol. The molecule has 1 aliphatic rings. The number of hydrogen-bond donors (Lipinski definition) is 1. The summed E-state index contributed by atoms with van der Waals surface area (Å²) < 4.78 is 38.2. The van der Waals surface area contributed by atoms with E-state index in [9.17, 15) is 13.9 Å². The Bertz CT molecular complexity index is 766. The van der Waals surface area contributed by atoms with Crippen molar-refractivity contribution in [2.24, 2.45) is 0 Å². The van der Waals surface area contributed by atoms with Crippen LogP contribution in [0.3, 0.4) is 0 Å². The van der Waals surface area contributed by atoms with E-state index in [1.54, 1.807) is 0 Å². The number of aliphatic hydroxyl groups is 1. The molecule has 0 spiro atoms. The summed E-state index contributed by atoms with van der Waals surface area (Å²) in [6, 6.07) is 12.7. The van der Waals surface area contributed by atoms with Crippen molar-refractivity contribution in [3.63, 3.8) is 0 Å². The summed E-state index contributed by atoms with van der Waals surface area (Å²) in [6.45, 7) is 5.48. The Morgan fingerprint density at radius 1 is 0.967 bits per heavy atom. The largest absolute Gasteiger partial charge is 0.485 e. The second kappa shape index (κ2) is 11.7. The highest BCUT2D eigenvalue weighted by Gasteiger charge is 2.19. The highest BCUT2D eigenvalue weighted by atomic mass is 79.9. The van der Waals surface area contributed by atoms with Gasteiger partial charge in [0.25, 0.3) is 0 Å². The molecule has 0 bridgehead atoms. The van der Waals surface area contributed by atoms with Gasteiger partial charge >= 0.3 is 0 Å². The minimum absolute atomic E-state index is 0.000350. The highest BCUT2D eigenvalue weighted by molar-refractivity contribution is 9.10. The van der Waals surface area contributed by atoms with Crippen LogP contribution < -0.4 is 4.74 Å². The molecule has 30 heavy (non-hydrogen) atoms. The number of piperazine rings is 1. The molecule has 5 nitrogen and oxygen atoms in total. The van der Waals surface area contributed by atoms with Gasteiger partial charge in [0.15, 0.2) is 17.4 Å². The molecule has 8 heteroatoms. The first kappa shape index (κ1) is 23.1. The number of benzene rings is 2. The number of hydrogen-bond acceptors (Lipinski definition) is 5. The van der Waals surface area contributed by atoms with Crippen LogP contribution in [0.25, 0.3) is 0 Å². The molecule has 1 saturated heterocycles. The van der Waals surface area contributed by atoms with Crippen LogP contribution in [0.1, 0.15) is 5.56 Å². The van der Waals surface area contributed by atoms with Gasteiger partial charge in [0.05, 0.1) is 19.3 Å². The Balaban J connectivity index is 1.28. The van der Waals surface area contributed by atoms with Gasteiger partial charge in [-0.1, -0.05) is 46.3 Å². The average molecular weight is 485 g/mol. The van der Waals surface area contributed by atoms with Crippen molar-refractivity contribution in [3.8, 4) is 5.75 Å². The van der Waals surface area contributed by atoms with Gasteiger partial charge in [-0.3, -0.25) is 9.80 Å². The standard InChI is InChI=1S/C22H27BrF2N2O3/c23-18-12-20(24)22(21(25)13-18)30-11-10-29-16-19(28)15-27-8-6-26(7-9-27)14-17-4-2-1-3-5-17/h1-5,12-13,19,28H,6-11,14-16H2. The van der Waals surface area contributed by atoms with E-state index in [1.165, 1.54) is 5.56 Å². The van der Waals surface area contributed by atoms with Crippen LogP contribution in [-0.2, 0) is 11.3 Å². The summed E-state index contributed by atoms with van der Waals surface area (Å²) in [5.41, 5.74) is 1.31. The van der Waals surface area contributed by atoms with E-state index < -0.39 is 23.5 Å². The van der Waals surface area contributed by atoms with E-state index in [4.69, 9.17) is 9.47 Å². The third-order valence-corrected chi connectivity index (χ3v) is 5.39. The molecule has 3 rings (SSSR count). The molecule has 0 saturated carbocycles. The maximum Gasteiger partial charge on any atom is 0.190 e. The van der Waals surface area contributed by atoms with Crippen molar-refractivity contribution in [2.75, 3.05) is 52.5 Å². The molecule has 1 atom stereocenters. The Labute approximate surface area is 184 Å². The quantitative estimate of drug-likeness (QED) is 0.524. The van der Waals surface area contributed by atoms with Crippen molar-refractivity contribution >= 4 is 15.9 Å². The van der Waals surface area contributed by atoms with Gasteiger partial charge in [0, 0.05) is 43.7 Å². The van der Waals surface area contributed by atoms with Crippen LogP contribution in [0.5, 0.6) is 5.75 Å². The molecular formula is C22H27BrF2N2O3. The number of aliphatic hydroxyl groups excluding tert-OH is 1. The summed E-state index contributed by atoms with van der Waals surface area (Å²) >= 11 is 3.02. The summed E-state index contributed by atoms with van der Waals surface area (Å²) in [6.07, 6.45) is -0.619. The summed E-state index contributed by atoms with van der Waals surface area (Å²) in [7, 11) is 0. The highest BCUT2D eigenvalue weighted by Crippen LogP contribution is 2.25. The molecule has 164 valence electrons. The van der Waals surface area contributed by atoms with Crippen molar-refractivity contribution in [1.29, 1.82) is 0 Å². The number of ether oxygens (including phenoxy) is 2. The molecule has 1 N–H and O–H groups in total. The van der Waals surface area contributed by atoms with E-state index in [0.717, 1.165) is 44.9 Å². The average Bonchev–Trinajstić information content (AvgIpc) is 2.71. The lowest BCUT2D eigenvalue weighted by molar-refractivity contribution is -0.000942. The zero-order valence-electron chi connectivity index (χ0n) is 16.8. The van der Waals surface area contributed by atoms with Gasteiger partial charge in [-0.15, -0.1) is 0 Å². The lowest BCUT2D eigenvalue weighted by Crippen LogP contribution is -2.48. The van der Waals surface area contributed by atoms with Gasteiger partial charge in [-0.25, -0.2) is 8.78 Å². The van der Waals surface area contributed by atoms with Crippen LogP contribution in [0, 0.1) is 11.6 Å². The van der Waals surface area contributed by atoms with Gasteiger partial charge in [0.1, 0.15) is 6.61 Å². The number of rotatable bonds is 10. The molecule has 1 fully saturated rings. The summed E-state index contributed by atoms with van der Waals surface area (Å²) in [4.78, 5) is 4.63. The van der Waals surface area contributed by atoms with Crippen molar-refractivity contribution in [3.05, 3.63) is 64.1 Å². The van der Waals surface area contributed by atoms with Gasteiger partial charge in [-0.2, -0.15) is 0 Å². The fourth-order valence-corrected chi connectivity index (χ4v) is 3.81. The topological polar surface area (TPSA) is 45.2 Å². The maximum atomic E-state index is 13.7. The molecule has 2 aromatic carbocycles. The minimum atomic E-state index is -0.770. The Morgan fingerprint density at radius 3 is 2.27 bits per heavy atom. The first-order valence-corrected chi connectivity index (χ1v) is 10.8. The number of β-amino-alcohol motifs (C(OH)–C–C–N with tert-alkyl or cyclic N) is 1. The molecule has 1 heterocycles. The minimum Gasteiger partial charge on any atom is -0.485 e.